The number of fused-ring (bicyclic) bond motifs is 2. The highest BCUT2D eigenvalue weighted by atomic mass is 35.5. The monoisotopic (exact) mass is 509 g/mol. The second kappa shape index (κ2) is 9.30. The molecule has 1 amide bonds. The van der Waals surface area contributed by atoms with E-state index in [0.29, 0.717) is 16.7 Å². The molecule has 0 radical (unpaired) electrons. The molecule has 1 unspecified atom stereocenters. The number of carbonyl (C=O) groups excluding carboxylic acids is 1. The van der Waals surface area contributed by atoms with Crippen LogP contribution in [-0.2, 0) is 9.53 Å². The third-order valence-electron chi connectivity index (χ3n) is 6.92. The minimum Gasteiger partial charge on any atom is -0.379 e. The molecule has 2 saturated heterocycles. The highest BCUT2D eigenvalue weighted by molar-refractivity contribution is 6.42. The Bertz CT molecular complexity index is 1410. The maximum absolute atomic E-state index is 12.8. The summed E-state index contributed by atoms with van der Waals surface area (Å²) in [4.78, 5) is 24.9. The van der Waals surface area contributed by atoms with E-state index in [1.54, 1.807) is 6.07 Å². The van der Waals surface area contributed by atoms with Crippen LogP contribution in [0.2, 0.25) is 10.0 Å². The molecular formula is C26H25Cl2N5O2. The maximum Gasteiger partial charge on any atom is 0.223 e. The third-order valence-corrected chi connectivity index (χ3v) is 7.64. The number of nitrogens with zero attached hydrogens (tertiary/aromatic N) is 4. The largest absolute Gasteiger partial charge is 0.379 e. The van der Waals surface area contributed by atoms with Gasteiger partial charge in [0.05, 0.1) is 39.2 Å². The number of ether oxygens (including phenoxy) is 1. The standard InChI is InChI=1S/C26H25Cl2N5O2/c27-19-13-22-23(14-20(19)28)33(24-6-5-16-3-1-2-4-21(16)30-24)26(31-22)32-10-7-17(8-11-32)25(34)29-18-9-12-35-15-18/h1-6,13-14,17-18H,7-12,15H2,(H,29,34). The zero-order valence-electron chi connectivity index (χ0n) is 19.1. The Morgan fingerprint density at radius 2 is 1.77 bits per heavy atom. The smallest absolute Gasteiger partial charge is 0.223 e. The number of anilines is 1. The molecule has 2 aliphatic heterocycles. The van der Waals surface area contributed by atoms with E-state index in [2.05, 4.69) is 16.3 Å². The van der Waals surface area contributed by atoms with E-state index in [1.165, 1.54) is 0 Å². The summed E-state index contributed by atoms with van der Waals surface area (Å²) in [6, 6.07) is 15.9. The zero-order valence-corrected chi connectivity index (χ0v) is 20.6. The van der Waals surface area contributed by atoms with E-state index in [4.69, 9.17) is 37.9 Å². The predicted molar refractivity (Wildman–Crippen MR) is 139 cm³/mol. The van der Waals surface area contributed by atoms with Crippen molar-refractivity contribution in [3.05, 3.63) is 58.6 Å². The number of hydrogen-bond donors (Lipinski definition) is 1. The quantitative estimate of drug-likeness (QED) is 0.418. The Hall–Kier alpha value is -2.87. The lowest BCUT2D eigenvalue weighted by molar-refractivity contribution is -0.126. The summed E-state index contributed by atoms with van der Waals surface area (Å²) in [5.41, 5.74) is 2.51. The molecule has 7 nitrogen and oxygen atoms in total. The number of benzene rings is 2. The van der Waals surface area contributed by atoms with Gasteiger partial charge in [-0.15, -0.1) is 0 Å². The zero-order chi connectivity index (χ0) is 23.9. The van der Waals surface area contributed by atoms with Crippen molar-refractivity contribution in [2.45, 2.75) is 25.3 Å². The van der Waals surface area contributed by atoms with E-state index < -0.39 is 0 Å². The summed E-state index contributed by atoms with van der Waals surface area (Å²) in [6.45, 7) is 2.77. The topological polar surface area (TPSA) is 72.3 Å². The SMILES string of the molecule is O=C(NC1CCOC1)C1CCN(c2nc3cc(Cl)c(Cl)cc3n2-c2ccc3ccccc3n2)CC1. The summed E-state index contributed by atoms with van der Waals surface area (Å²) < 4.78 is 7.43. The van der Waals surface area contributed by atoms with Gasteiger partial charge in [-0.2, -0.15) is 0 Å². The van der Waals surface area contributed by atoms with Gasteiger partial charge in [-0.05, 0) is 49.6 Å². The lowest BCUT2D eigenvalue weighted by atomic mass is 9.95. The van der Waals surface area contributed by atoms with E-state index in [-0.39, 0.29) is 17.9 Å². The molecule has 0 bridgehead atoms. The van der Waals surface area contributed by atoms with Crippen molar-refractivity contribution >= 4 is 57.0 Å². The number of nitrogens with one attached hydrogen (secondary N) is 1. The van der Waals surface area contributed by atoms with Crippen molar-refractivity contribution in [2.24, 2.45) is 5.92 Å². The molecule has 1 atom stereocenters. The fraction of sp³-hybridized carbons (Fsp3) is 0.346. The first kappa shape index (κ1) is 22.6. The molecule has 2 aromatic carbocycles. The Morgan fingerprint density at radius 3 is 2.57 bits per heavy atom. The highest BCUT2D eigenvalue weighted by Gasteiger charge is 2.30. The summed E-state index contributed by atoms with van der Waals surface area (Å²) in [7, 11) is 0. The third kappa shape index (κ3) is 4.33. The molecule has 2 fully saturated rings. The van der Waals surface area contributed by atoms with Gasteiger partial charge in [0.15, 0.2) is 0 Å². The number of amides is 1. The van der Waals surface area contributed by atoms with Crippen LogP contribution in [0.15, 0.2) is 48.5 Å². The first-order chi connectivity index (χ1) is 17.1. The number of para-hydroxylation sites is 1. The molecule has 0 saturated carbocycles. The molecular weight excluding hydrogens is 485 g/mol. The molecule has 0 aliphatic carbocycles. The molecule has 4 heterocycles. The van der Waals surface area contributed by atoms with E-state index in [9.17, 15) is 4.79 Å². The molecule has 2 aliphatic rings. The van der Waals surface area contributed by atoms with Crippen molar-refractivity contribution in [2.75, 3.05) is 31.2 Å². The van der Waals surface area contributed by atoms with Crippen LogP contribution < -0.4 is 10.2 Å². The van der Waals surface area contributed by atoms with E-state index in [0.717, 1.165) is 72.7 Å². The lowest BCUT2D eigenvalue weighted by Gasteiger charge is -2.32. The van der Waals surface area contributed by atoms with Gasteiger partial charge in [-0.3, -0.25) is 9.36 Å². The molecule has 6 rings (SSSR count). The van der Waals surface area contributed by atoms with Crippen molar-refractivity contribution < 1.29 is 9.53 Å². The van der Waals surface area contributed by atoms with Crippen molar-refractivity contribution in [1.29, 1.82) is 0 Å². The van der Waals surface area contributed by atoms with E-state index >= 15 is 0 Å². The highest BCUT2D eigenvalue weighted by Crippen LogP contribution is 2.34. The fourth-order valence-electron chi connectivity index (χ4n) is 4.99. The molecule has 180 valence electrons. The van der Waals surface area contributed by atoms with Crippen molar-refractivity contribution in [3.63, 3.8) is 0 Å². The van der Waals surface area contributed by atoms with Crippen LogP contribution in [0.3, 0.4) is 0 Å². The van der Waals surface area contributed by atoms with Crippen LogP contribution in [0, 0.1) is 5.92 Å². The van der Waals surface area contributed by atoms with Gasteiger partial charge in [0.1, 0.15) is 5.82 Å². The molecule has 35 heavy (non-hydrogen) atoms. The maximum atomic E-state index is 12.8. The second-order valence-corrected chi connectivity index (χ2v) is 10.0. The lowest BCUT2D eigenvalue weighted by Crippen LogP contribution is -2.44. The van der Waals surface area contributed by atoms with Gasteiger partial charge in [0.25, 0.3) is 0 Å². The number of piperidine rings is 1. The van der Waals surface area contributed by atoms with Gasteiger partial charge in [-0.25, -0.2) is 9.97 Å². The van der Waals surface area contributed by atoms with Crippen LogP contribution in [0.1, 0.15) is 19.3 Å². The van der Waals surface area contributed by atoms with Crippen molar-refractivity contribution in [1.82, 2.24) is 19.9 Å². The van der Waals surface area contributed by atoms with Crippen LogP contribution >= 0.6 is 23.2 Å². The molecule has 0 spiro atoms. The second-order valence-electron chi connectivity index (χ2n) is 9.19. The number of halogens is 2. The minimum absolute atomic E-state index is 0.00707. The number of hydrogen-bond acceptors (Lipinski definition) is 5. The Labute approximate surface area is 213 Å². The van der Waals surface area contributed by atoms with Crippen LogP contribution in [0.25, 0.3) is 27.8 Å². The van der Waals surface area contributed by atoms with Gasteiger partial charge in [0.2, 0.25) is 11.9 Å². The van der Waals surface area contributed by atoms with Crippen molar-refractivity contribution in [3.8, 4) is 5.82 Å². The van der Waals surface area contributed by atoms with Crippen LogP contribution in [-0.4, -0.2) is 52.8 Å². The number of carbonyl (C=O) groups is 1. The molecule has 9 heteroatoms. The number of rotatable bonds is 4. The predicted octanol–water partition coefficient (Wildman–Crippen LogP) is 5.00. The Kier molecular flexibility index (Phi) is 6.00. The summed E-state index contributed by atoms with van der Waals surface area (Å²) in [5.74, 6) is 1.67. The summed E-state index contributed by atoms with van der Waals surface area (Å²) >= 11 is 12.7. The Balaban J connectivity index is 1.33. The average Bonchev–Trinajstić information content (AvgIpc) is 3.52. The molecule has 1 N–H and O–H groups in total. The summed E-state index contributed by atoms with van der Waals surface area (Å²) in [5, 5.41) is 5.16. The van der Waals surface area contributed by atoms with Gasteiger partial charge >= 0.3 is 0 Å². The number of imidazole rings is 1. The van der Waals surface area contributed by atoms with E-state index in [1.807, 2.05) is 41.0 Å². The fourth-order valence-corrected chi connectivity index (χ4v) is 5.30. The Morgan fingerprint density at radius 1 is 0.971 bits per heavy atom. The normalized spacial score (nSPS) is 19.0. The average molecular weight is 510 g/mol. The van der Waals surface area contributed by atoms with Crippen LogP contribution in [0.5, 0.6) is 0 Å². The number of aromatic nitrogens is 3. The molecule has 2 aromatic heterocycles. The van der Waals surface area contributed by atoms with Gasteiger partial charge in [0, 0.05) is 31.0 Å². The number of pyridine rings is 1. The minimum atomic E-state index is -0.00707. The van der Waals surface area contributed by atoms with Gasteiger partial charge < -0.3 is 15.0 Å². The first-order valence-electron chi connectivity index (χ1n) is 11.9. The van der Waals surface area contributed by atoms with Gasteiger partial charge in [-0.1, -0.05) is 41.4 Å². The first-order valence-corrected chi connectivity index (χ1v) is 12.7. The van der Waals surface area contributed by atoms with Crippen LogP contribution in [0.4, 0.5) is 5.95 Å². The summed E-state index contributed by atoms with van der Waals surface area (Å²) in [6.07, 6.45) is 2.41. The molecule has 4 aromatic rings.